The molecular formula is C22H18F2N4O3. The number of imidazole rings is 1. The SMILES string of the molecule is CC(C)(COc1ncc(-c2ccc(-c3nc4ccc(F)cc4[nH]3)c(F)c2)cn1)C(=O)O. The number of aliphatic carboxylic acids is 1. The van der Waals surface area contributed by atoms with E-state index < -0.39 is 23.0 Å². The predicted molar refractivity (Wildman–Crippen MR) is 109 cm³/mol. The molecule has 0 saturated heterocycles. The first-order valence-corrected chi connectivity index (χ1v) is 9.37. The average Bonchev–Trinajstić information content (AvgIpc) is 3.15. The fourth-order valence-electron chi connectivity index (χ4n) is 2.84. The van der Waals surface area contributed by atoms with Gasteiger partial charge in [0, 0.05) is 18.0 Å². The number of aromatic nitrogens is 4. The Labute approximate surface area is 175 Å². The van der Waals surface area contributed by atoms with Gasteiger partial charge >= 0.3 is 12.0 Å². The largest absolute Gasteiger partial charge is 0.481 e. The van der Waals surface area contributed by atoms with Gasteiger partial charge in [-0.2, -0.15) is 0 Å². The summed E-state index contributed by atoms with van der Waals surface area (Å²) in [6.45, 7) is 2.98. The van der Waals surface area contributed by atoms with E-state index >= 15 is 0 Å². The zero-order chi connectivity index (χ0) is 22.2. The number of hydrogen-bond acceptors (Lipinski definition) is 5. The van der Waals surface area contributed by atoms with Crippen LogP contribution < -0.4 is 4.74 Å². The van der Waals surface area contributed by atoms with Gasteiger partial charge in [0.2, 0.25) is 0 Å². The van der Waals surface area contributed by atoms with Crippen LogP contribution in [0.1, 0.15) is 13.8 Å². The zero-order valence-corrected chi connectivity index (χ0v) is 16.7. The Balaban J connectivity index is 1.54. The van der Waals surface area contributed by atoms with Gasteiger partial charge in [0.1, 0.15) is 24.1 Å². The topological polar surface area (TPSA) is 101 Å². The van der Waals surface area contributed by atoms with Crippen LogP contribution in [0.2, 0.25) is 0 Å². The van der Waals surface area contributed by atoms with E-state index in [1.54, 1.807) is 12.1 Å². The molecule has 0 aliphatic heterocycles. The summed E-state index contributed by atoms with van der Waals surface area (Å²) in [5.41, 5.74) is 1.28. The minimum absolute atomic E-state index is 0.0321. The molecule has 0 bridgehead atoms. The summed E-state index contributed by atoms with van der Waals surface area (Å²) in [6, 6.07) is 8.74. The molecule has 2 heterocycles. The third-order valence-corrected chi connectivity index (χ3v) is 4.77. The number of nitrogens with zero attached hydrogens (tertiary/aromatic N) is 3. The summed E-state index contributed by atoms with van der Waals surface area (Å²) in [4.78, 5) is 26.5. The van der Waals surface area contributed by atoms with Crippen molar-refractivity contribution in [3.05, 3.63) is 60.4 Å². The highest BCUT2D eigenvalue weighted by Crippen LogP contribution is 2.28. The molecule has 0 aliphatic carbocycles. The first-order chi connectivity index (χ1) is 14.7. The molecule has 0 radical (unpaired) electrons. The normalized spacial score (nSPS) is 11.6. The molecule has 0 saturated carbocycles. The molecule has 7 nitrogen and oxygen atoms in total. The highest BCUT2D eigenvalue weighted by atomic mass is 19.1. The van der Waals surface area contributed by atoms with Crippen LogP contribution in [0.5, 0.6) is 6.01 Å². The minimum Gasteiger partial charge on any atom is -0.481 e. The van der Waals surface area contributed by atoms with E-state index in [1.807, 2.05) is 0 Å². The first-order valence-electron chi connectivity index (χ1n) is 9.37. The van der Waals surface area contributed by atoms with Crippen LogP contribution in [0.25, 0.3) is 33.5 Å². The summed E-state index contributed by atoms with van der Waals surface area (Å²) >= 11 is 0. The Morgan fingerprint density at radius 3 is 2.52 bits per heavy atom. The summed E-state index contributed by atoms with van der Waals surface area (Å²) in [5.74, 6) is -1.61. The van der Waals surface area contributed by atoms with Crippen molar-refractivity contribution < 1.29 is 23.4 Å². The number of H-pyrrole nitrogens is 1. The lowest BCUT2D eigenvalue weighted by Crippen LogP contribution is -2.31. The molecule has 0 fully saturated rings. The quantitative estimate of drug-likeness (QED) is 0.474. The van der Waals surface area contributed by atoms with Crippen molar-refractivity contribution in [1.29, 1.82) is 0 Å². The summed E-state index contributed by atoms with van der Waals surface area (Å²) in [5, 5.41) is 9.12. The Morgan fingerprint density at radius 1 is 1.10 bits per heavy atom. The van der Waals surface area contributed by atoms with Crippen molar-refractivity contribution in [2.75, 3.05) is 6.61 Å². The Kier molecular flexibility index (Phi) is 5.10. The molecule has 4 rings (SSSR count). The smallest absolute Gasteiger partial charge is 0.316 e. The number of fused-ring (bicyclic) bond motifs is 1. The van der Waals surface area contributed by atoms with E-state index in [0.717, 1.165) is 0 Å². The van der Waals surface area contributed by atoms with Crippen molar-refractivity contribution in [3.63, 3.8) is 0 Å². The minimum atomic E-state index is -1.08. The van der Waals surface area contributed by atoms with Gasteiger partial charge in [-0.3, -0.25) is 4.79 Å². The first kappa shape index (κ1) is 20.4. The lowest BCUT2D eigenvalue weighted by atomic mass is 9.95. The van der Waals surface area contributed by atoms with Gasteiger partial charge in [-0.15, -0.1) is 0 Å². The van der Waals surface area contributed by atoms with E-state index in [2.05, 4.69) is 19.9 Å². The zero-order valence-electron chi connectivity index (χ0n) is 16.7. The molecule has 2 aromatic heterocycles. The monoisotopic (exact) mass is 424 g/mol. The second kappa shape index (κ2) is 7.75. The Hall–Kier alpha value is -3.88. The lowest BCUT2D eigenvalue weighted by molar-refractivity contribution is -0.148. The molecular weight excluding hydrogens is 406 g/mol. The van der Waals surface area contributed by atoms with Gasteiger partial charge in [-0.05, 0) is 49.7 Å². The molecule has 2 aromatic carbocycles. The van der Waals surface area contributed by atoms with Crippen LogP contribution in [0.15, 0.2) is 48.8 Å². The van der Waals surface area contributed by atoms with Gasteiger partial charge in [-0.1, -0.05) is 6.07 Å². The van der Waals surface area contributed by atoms with E-state index in [4.69, 9.17) is 9.84 Å². The van der Waals surface area contributed by atoms with Crippen molar-refractivity contribution in [2.24, 2.45) is 5.41 Å². The number of benzene rings is 2. The van der Waals surface area contributed by atoms with E-state index in [1.165, 1.54) is 50.5 Å². The van der Waals surface area contributed by atoms with Crippen molar-refractivity contribution in [1.82, 2.24) is 19.9 Å². The summed E-state index contributed by atoms with van der Waals surface area (Å²) < 4.78 is 33.5. The maximum atomic E-state index is 14.8. The maximum absolute atomic E-state index is 14.8. The van der Waals surface area contributed by atoms with Crippen molar-refractivity contribution in [2.45, 2.75) is 13.8 Å². The highest BCUT2D eigenvalue weighted by Gasteiger charge is 2.28. The molecule has 0 amide bonds. The fourth-order valence-corrected chi connectivity index (χ4v) is 2.84. The predicted octanol–water partition coefficient (Wildman–Crippen LogP) is 4.45. The van der Waals surface area contributed by atoms with Crippen LogP contribution in [0, 0.1) is 17.0 Å². The molecule has 0 spiro atoms. The van der Waals surface area contributed by atoms with Crippen LogP contribution in [-0.2, 0) is 4.79 Å². The fraction of sp³-hybridized carbons (Fsp3) is 0.182. The van der Waals surface area contributed by atoms with Crippen molar-refractivity contribution in [3.8, 4) is 28.5 Å². The van der Waals surface area contributed by atoms with Gasteiger partial charge in [0.15, 0.2) is 0 Å². The Morgan fingerprint density at radius 2 is 1.84 bits per heavy atom. The second-order valence-corrected chi connectivity index (χ2v) is 7.67. The number of aromatic amines is 1. The number of carboxylic acids is 1. The van der Waals surface area contributed by atoms with Gasteiger partial charge in [0.05, 0.1) is 22.0 Å². The average molecular weight is 424 g/mol. The molecule has 9 heteroatoms. The van der Waals surface area contributed by atoms with Gasteiger partial charge in [-0.25, -0.2) is 23.7 Å². The third kappa shape index (κ3) is 4.20. The number of nitrogens with one attached hydrogen (secondary N) is 1. The number of carbonyl (C=O) groups is 1. The number of carboxylic acid groups (broad SMARTS) is 1. The van der Waals surface area contributed by atoms with Crippen molar-refractivity contribution >= 4 is 17.0 Å². The molecule has 31 heavy (non-hydrogen) atoms. The molecule has 0 atom stereocenters. The Bertz CT molecular complexity index is 1270. The van der Waals surface area contributed by atoms with Crippen LogP contribution in [0.3, 0.4) is 0 Å². The van der Waals surface area contributed by atoms with Gasteiger partial charge < -0.3 is 14.8 Å². The molecule has 4 aromatic rings. The van der Waals surface area contributed by atoms with E-state index in [9.17, 15) is 13.6 Å². The third-order valence-electron chi connectivity index (χ3n) is 4.77. The molecule has 0 unspecified atom stereocenters. The second-order valence-electron chi connectivity index (χ2n) is 7.67. The number of hydrogen-bond donors (Lipinski definition) is 2. The standard InChI is InChI=1S/C22H18F2N4O3/c1-22(2,20(29)30)11-31-21-25-9-13(10-26-21)12-3-5-15(16(24)7-12)19-27-17-6-4-14(23)8-18(17)28-19/h3-10H,11H2,1-2H3,(H,27,28)(H,29,30). The number of halogens is 2. The van der Waals surface area contributed by atoms with E-state index in [-0.39, 0.29) is 18.2 Å². The summed E-state index contributed by atoms with van der Waals surface area (Å²) in [6.07, 6.45) is 2.93. The lowest BCUT2D eigenvalue weighted by Gasteiger charge is -2.18. The van der Waals surface area contributed by atoms with Crippen LogP contribution >= 0.6 is 0 Å². The molecule has 2 N–H and O–H groups in total. The summed E-state index contributed by atoms with van der Waals surface area (Å²) in [7, 11) is 0. The van der Waals surface area contributed by atoms with Crippen LogP contribution in [-0.4, -0.2) is 37.6 Å². The molecule has 158 valence electrons. The van der Waals surface area contributed by atoms with Gasteiger partial charge in [0.25, 0.3) is 0 Å². The maximum Gasteiger partial charge on any atom is 0.316 e. The number of ether oxygens (including phenoxy) is 1. The van der Waals surface area contributed by atoms with Crippen LogP contribution in [0.4, 0.5) is 8.78 Å². The molecule has 0 aliphatic rings. The number of rotatable bonds is 6. The highest BCUT2D eigenvalue weighted by molar-refractivity contribution is 5.80. The van der Waals surface area contributed by atoms with E-state index in [0.29, 0.717) is 28.0 Å².